The molecular weight excluding hydrogens is 280 g/mol. The highest BCUT2D eigenvalue weighted by atomic mass is 19.1. The molecule has 1 unspecified atom stereocenters. The molecule has 5 nitrogen and oxygen atoms in total. The molecule has 0 bridgehead atoms. The maximum atomic E-state index is 13.7. The number of piperazine rings is 2. The number of nitrogens with zero attached hydrogens (tertiary/aromatic N) is 2. The van der Waals surface area contributed by atoms with Crippen LogP contribution in [0, 0.1) is 11.6 Å². The standard InChI is InChI=1S/C14H15F2N3O2/c15-10-1-2-12(16)9(5-10)7-18-8-11-6-17-3-4-19(11)14(21)13(18)20/h1-2,5,11,17H,3-4,6-8H2. The molecule has 2 heterocycles. The van der Waals surface area contributed by atoms with Crippen LogP contribution in [-0.2, 0) is 16.1 Å². The Morgan fingerprint density at radius 1 is 1.24 bits per heavy atom. The molecule has 2 aliphatic heterocycles. The number of fused-ring (bicyclic) bond motifs is 1. The number of halogens is 2. The van der Waals surface area contributed by atoms with Gasteiger partial charge < -0.3 is 15.1 Å². The van der Waals surface area contributed by atoms with Crippen LogP contribution in [0.5, 0.6) is 0 Å². The molecule has 0 aliphatic carbocycles. The van der Waals surface area contributed by atoms with Gasteiger partial charge in [0.2, 0.25) is 0 Å². The van der Waals surface area contributed by atoms with E-state index in [1.54, 1.807) is 4.90 Å². The van der Waals surface area contributed by atoms with E-state index in [0.717, 1.165) is 18.2 Å². The molecule has 0 aromatic heterocycles. The van der Waals surface area contributed by atoms with Gasteiger partial charge in [-0.05, 0) is 18.2 Å². The third-order valence-electron chi connectivity index (χ3n) is 3.88. The summed E-state index contributed by atoms with van der Waals surface area (Å²) >= 11 is 0. The second-order valence-electron chi connectivity index (χ2n) is 5.28. The quantitative estimate of drug-likeness (QED) is 0.788. The van der Waals surface area contributed by atoms with Crippen molar-refractivity contribution in [2.24, 2.45) is 0 Å². The monoisotopic (exact) mass is 295 g/mol. The van der Waals surface area contributed by atoms with Gasteiger partial charge in [0.05, 0.1) is 6.04 Å². The van der Waals surface area contributed by atoms with Gasteiger partial charge in [0.1, 0.15) is 11.6 Å². The molecule has 1 N–H and O–H groups in total. The van der Waals surface area contributed by atoms with Crippen molar-refractivity contribution < 1.29 is 18.4 Å². The molecule has 0 radical (unpaired) electrons. The minimum absolute atomic E-state index is 0.0772. The van der Waals surface area contributed by atoms with E-state index in [-0.39, 0.29) is 18.2 Å². The molecule has 2 fully saturated rings. The molecule has 3 rings (SSSR count). The Morgan fingerprint density at radius 3 is 2.86 bits per heavy atom. The largest absolute Gasteiger partial charge is 0.328 e. The van der Waals surface area contributed by atoms with Crippen LogP contribution >= 0.6 is 0 Å². The topological polar surface area (TPSA) is 52.7 Å². The first-order valence-electron chi connectivity index (χ1n) is 6.81. The summed E-state index contributed by atoms with van der Waals surface area (Å²) in [5.74, 6) is -2.37. The van der Waals surface area contributed by atoms with Gasteiger partial charge in [0.15, 0.2) is 0 Å². The number of carbonyl (C=O) groups excluding carboxylic acids is 2. The molecule has 0 spiro atoms. The number of carbonyl (C=O) groups is 2. The van der Waals surface area contributed by atoms with E-state index in [9.17, 15) is 18.4 Å². The smallest absolute Gasteiger partial charge is 0.312 e. The third-order valence-corrected chi connectivity index (χ3v) is 3.88. The first kappa shape index (κ1) is 13.9. The molecule has 2 amide bonds. The molecule has 0 saturated carbocycles. The summed E-state index contributed by atoms with van der Waals surface area (Å²) in [5.41, 5.74) is 0.0772. The van der Waals surface area contributed by atoms with Crippen LogP contribution in [0.15, 0.2) is 18.2 Å². The van der Waals surface area contributed by atoms with Gasteiger partial charge >= 0.3 is 11.8 Å². The third kappa shape index (κ3) is 2.61. The predicted octanol–water partition coefficient (Wildman–Crippen LogP) is 0.107. The molecular formula is C14H15F2N3O2. The van der Waals surface area contributed by atoms with Crippen molar-refractivity contribution >= 4 is 11.8 Å². The van der Waals surface area contributed by atoms with E-state index < -0.39 is 23.4 Å². The Kier molecular flexibility index (Phi) is 3.59. The van der Waals surface area contributed by atoms with Crippen LogP contribution in [0.1, 0.15) is 5.56 Å². The first-order valence-corrected chi connectivity index (χ1v) is 6.81. The van der Waals surface area contributed by atoms with Gasteiger partial charge in [-0.25, -0.2) is 8.78 Å². The van der Waals surface area contributed by atoms with Crippen LogP contribution < -0.4 is 5.32 Å². The summed E-state index contributed by atoms with van der Waals surface area (Å²) in [6, 6.07) is 2.99. The molecule has 1 atom stereocenters. The van der Waals surface area contributed by atoms with E-state index in [1.807, 2.05) is 0 Å². The maximum absolute atomic E-state index is 13.7. The summed E-state index contributed by atoms with van der Waals surface area (Å²) in [6.45, 7) is 1.98. The van der Waals surface area contributed by atoms with Crippen molar-refractivity contribution in [3.63, 3.8) is 0 Å². The predicted molar refractivity (Wildman–Crippen MR) is 70.1 cm³/mol. The van der Waals surface area contributed by atoms with Crippen molar-refractivity contribution in [1.82, 2.24) is 15.1 Å². The fourth-order valence-electron chi connectivity index (χ4n) is 2.79. The zero-order valence-corrected chi connectivity index (χ0v) is 11.3. The van der Waals surface area contributed by atoms with Gasteiger partial charge in [-0.15, -0.1) is 0 Å². The molecule has 2 saturated heterocycles. The Balaban J connectivity index is 1.80. The zero-order valence-electron chi connectivity index (χ0n) is 11.3. The Labute approximate surface area is 120 Å². The Bertz CT molecular complexity index is 594. The second-order valence-corrected chi connectivity index (χ2v) is 5.28. The lowest BCUT2D eigenvalue weighted by atomic mass is 10.1. The number of benzene rings is 1. The summed E-state index contributed by atoms with van der Waals surface area (Å²) in [7, 11) is 0. The molecule has 21 heavy (non-hydrogen) atoms. The Morgan fingerprint density at radius 2 is 2.05 bits per heavy atom. The molecule has 1 aromatic rings. The highest BCUT2D eigenvalue weighted by Gasteiger charge is 2.40. The maximum Gasteiger partial charge on any atom is 0.312 e. The normalized spacial score (nSPS) is 22.5. The van der Waals surface area contributed by atoms with Crippen molar-refractivity contribution in [3.05, 3.63) is 35.4 Å². The lowest BCUT2D eigenvalue weighted by Gasteiger charge is -2.43. The van der Waals surface area contributed by atoms with Crippen molar-refractivity contribution in [1.29, 1.82) is 0 Å². The lowest BCUT2D eigenvalue weighted by Crippen LogP contribution is -2.65. The van der Waals surface area contributed by atoms with Crippen LogP contribution in [-0.4, -0.2) is 53.8 Å². The SMILES string of the molecule is O=C1C(=O)N2CCNCC2CN1Cc1cc(F)ccc1F. The average molecular weight is 295 g/mol. The molecule has 2 aliphatic rings. The lowest BCUT2D eigenvalue weighted by molar-refractivity contribution is -0.160. The second kappa shape index (κ2) is 5.40. The van der Waals surface area contributed by atoms with Crippen molar-refractivity contribution in [3.8, 4) is 0 Å². The number of rotatable bonds is 2. The van der Waals surface area contributed by atoms with Gasteiger partial charge in [0, 0.05) is 38.3 Å². The van der Waals surface area contributed by atoms with Crippen molar-refractivity contribution in [2.45, 2.75) is 12.6 Å². The number of hydrogen-bond donors (Lipinski definition) is 1. The van der Waals surface area contributed by atoms with E-state index in [0.29, 0.717) is 26.2 Å². The highest BCUT2D eigenvalue weighted by Crippen LogP contribution is 2.18. The van der Waals surface area contributed by atoms with Gasteiger partial charge in [-0.2, -0.15) is 0 Å². The summed E-state index contributed by atoms with van der Waals surface area (Å²) in [4.78, 5) is 27.0. The fraction of sp³-hybridized carbons (Fsp3) is 0.429. The summed E-state index contributed by atoms with van der Waals surface area (Å²) in [6.07, 6.45) is 0. The van der Waals surface area contributed by atoms with E-state index in [2.05, 4.69) is 5.32 Å². The van der Waals surface area contributed by atoms with E-state index in [4.69, 9.17) is 0 Å². The van der Waals surface area contributed by atoms with Gasteiger partial charge in [-0.3, -0.25) is 9.59 Å². The van der Waals surface area contributed by atoms with E-state index >= 15 is 0 Å². The van der Waals surface area contributed by atoms with Crippen LogP contribution in [0.2, 0.25) is 0 Å². The van der Waals surface area contributed by atoms with Crippen LogP contribution in [0.25, 0.3) is 0 Å². The Hall–Kier alpha value is -2.02. The van der Waals surface area contributed by atoms with E-state index in [1.165, 1.54) is 4.90 Å². The van der Waals surface area contributed by atoms with Gasteiger partial charge in [-0.1, -0.05) is 0 Å². The molecule has 1 aromatic carbocycles. The molecule has 7 heteroatoms. The number of amides is 2. The van der Waals surface area contributed by atoms with Crippen molar-refractivity contribution in [2.75, 3.05) is 26.2 Å². The van der Waals surface area contributed by atoms with Gasteiger partial charge in [0.25, 0.3) is 0 Å². The first-order chi connectivity index (χ1) is 10.1. The van der Waals surface area contributed by atoms with Crippen LogP contribution in [0.3, 0.4) is 0 Å². The highest BCUT2D eigenvalue weighted by molar-refractivity contribution is 6.35. The zero-order chi connectivity index (χ0) is 15.0. The average Bonchev–Trinajstić information content (AvgIpc) is 2.48. The number of hydrogen-bond acceptors (Lipinski definition) is 3. The summed E-state index contributed by atoms with van der Waals surface area (Å²) in [5, 5.41) is 3.16. The fourth-order valence-corrected chi connectivity index (χ4v) is 2.79. The number of nitrogens with one attached hydrogen (secondary N) is 1. The molecule has 112 valence electrons. The summed E-state index contributed by atoms with van der Waals surface area (Å²) < 4.78 is 26.9. The van der Waals surface area contributed by atoms with Crippen LogP contribution in [0.4, 0.5) is 8.78 Å². The minimum atomic E-state index is -0.656. The minimum Gasteiger partial charge on any atom is -0.328 e.